The summed E-state index contributed by atoms with van der Waals surface area (Å²) in [4.78, 5) is 13.0. The monoisotopic (exact) mass is 547 g/mol. The number of nitrogens with one attached hydrogen (secondary N) is 2. The summed E-state index contributed by atoms with van der Waals surface area (Å²) in [5.41, 5.74) is 1.96. The first-order valence-corrected chi connectivity index (χ1v) is 10.5. The van der Waals surface area contributed by atoms with Crippen LogP contribution < -0.4 is 20.1 Å². The van der Waals surface area contributed by atoms with Gasteiger partial charge in [-0.15, -0.1) is 24.0 Å². The SMILES string of the molecule is CCCOc1ccccc1Oc1ncccc1CNC(=NC)NCCc1ccccn1.I. The highest BCUT2D eigenvalue weighted by Crippen LogP contribution is 2.31. The van der Waals surface area contributed by atoms with E-state index < -0.39 is 0 Å². The fraction of sp³-hybridized carbons (Fsp3) is 0.292. The lowest BCUT2D eigenvalue weighted by molar-refractivity contribution is 0.300. The Morgan fingerprint density at radius 1 is 0.938 bits per heavy atom. The van der Waals surface area contributed by atoms with Crippen molar-refractivity contribution in [3.05, 3.63) is 78.2 Å². The van der Waals surface area contributed by atoms with E-state index in [2.05, 4.69) is 32.5 Å². The molecule has 1 aromatic carbocycles. The predicted octanol–water partition coefficient (Wildman–Crippen LogP) is 4.58. The fourth-order valence-corrected chi connectivity index (χ4v) is 2.87. The molecule has 0 aliphatic heterocycles. The molecule has 170 valence electrons. The Morgan fingerprint density at radius 3 is 2.47 bits per heavy atom. The number of aliphatic imine (C=N–C) groups is 1. The number of pyridine rings is 2. The lowest BCUT2D eigenvalue weighted by Crippen LogP contribution is -2.38. The van der Waals surface area contributed by atoms with Gasteiger partial charge in [-0.3, -0.25) is 9.98 Å². The second kappa shape index (κ2) is 14.2. The van der Waals surface area contributed by atoms with Crippen LogP contribution in [0.4, 0.5) is 0 Å². The lowest BCUT2D eigenvalue weighted by atomic mass is 10.2. The van der Waals surface area contributed by atoms with Crippen molar-refractivity contribution in [2.24, 2.45) is 4.99 Å². The Kier molecular flexibility index (Phi) is 11.3. The molecule has 8 heteroatoms. The molecule has 2 heterocycles. The van der Waals surface area contributed by atoms with Crippen LogP contribution in [-0.4, -0.2) is 36.1 Å². The van der Waals surface area contributed by atoms with E-state index in [1.807, 2.05) is 54.6 Å². The summed E-state index contributed by atoms with van der Waals surface area (Å²) in [5, 5.41) is 6.62. The largest absolute Gasteiger partial charge is 0.490 e. The third-order valence-electron chi connectivity index (χ3n) is 4.44. The van der Waals surface area contributed by atoms with Gasteiger partial charge in [0, 0.05) is 50.2 Å². The minimum Gasteiger partial charge on any atom is -0.490 e. The molecular formula is C24H30IN5O2. The number of halogens is 1. The maximum atomic E-state index is 6.10. The molecule has 0 bridgehead atoms. The Bertz CT molecular complexity index is 969. The molecule has 2 aromatic heterocycles. The highest BCUT2D eigenvalue weighted by atomic mass is 127. The van der Waals surface area contributed by atoms with Gasteiger partial charge in [-0.25, -0.2) is 4.98 Å². The van der Waals surface area contributed by atoms with Crippen molar-refractivity contribution >= 4 is 29.9 Å². The van der Waals surface area contributed by atoms with Gasteiger partial charge in [0.15, 0.2) is 17.5 Å². The van der Waals surface area contributed by atoms with Crippen molar-refractivity contribution in [3.8, 4) is 17.4 Å². The maximum absolute atomic E-state index is 6.10. The van der Waals surface area contributed by atoms with Crippen LogP contribution in [0.3, 0.4) is 0 Å². The van der Waals surface area contributed by atoms with Crippen LogP contribution in [-0.2, 0) is 13.0 Å². The van der Waals surface area contributed by atoms with Crippen molar-refractivity contribution in [1.29, 1.82) is 0 Å². The number of guanidine groups is 1. The first-order chi connectivity index (χ1) is 15.3. The number of aromatic nitrogens is 2. The summed E-state index contributed by atoms with van der Waals surface area (Å²) in [6.07, 6.45) is 5.27. The van der Waals surface area contributed by atoms with Gasteiger partial charge in [0.25, 0.3) is 0 Å². The van der Waals surface area contributed by atoms with Crippen molar-refractivity contribution in [2.45, 2.75) is 26.3 Å². The second-order valence-electron chi connectivity index (χ2n) is 6.79. The zero-order valence-corrected chi connectivity index (χ0v) is 20.8. The van der Waals surface area contributed by atoms with E-state index in [1.165, 1.54) is 0 Å². The molecule has 2 N–H and O–H groups in total. The van der Waals surface area contributed by atoms with Gasteiger partial charge >= 0.3 is 0 Å². The Hall–Kier alpha value is -2.88. The van der Waals surface area contributed by atoms with E-state index in [9.17, 15) is 0 Å². The predicted molar refractivity (Wildman–Crippen MR) is 138 cm³/mol. The van der Waals surface area contributed by atoms with Crippen molar-refractivity contribution < 1.29 is 9.47 Å². The molecule has 0 saturated heterocycles. The Labute approximate surface area is 206 Å². The molecule has 0 aliphatic carbocycles. The average Bonchev–Trinajstić information content (AvgIpc) is 2.82. The van der Waals surface area contributed by atoms with Crippen LogP contribution in [0.5, 0.6) is 17.4 Å². The smallest absolute Gasteiger partial charge is 0.224 e. The Morgan fingerprint density at radius 2 is 1.72 bits per heavy atom. The van der Waals surface area contributed by atoms with Gasteiger partial charge in [0.05, 0.1) is 6.61 Å². The quantitative estimate of drug-likeness (QED) is 0.220. The molecule has 0 aliphatic rings. The first kappa shape index (κ1) is 25.4. The van der Waals surface area contributed by atoms with Gasteiger partial charge in [-0.1, -0.05) is 31.2 Å². The van der Waals surface area contributed by atoms with Crippen molar-refractivity contribution in [3.63, 3.8) is 0 Å². The number of nitrogens with zero attached hydrogens (tertiary/aromatic N) is 3. The van der Waals surface area contributed by atoms with E-state index in [1.54, 1.807) is 19.4 Å². The summed E-state index contributed by atoms with van der Waals surface area (Å²) in [6.45, 7) is 3.96. The summed E-state index contributed by atoms with van der Waals surface area (Å²) < 4.78 is 11.9. The molecule has 32 heavy (non-hydrogen) atoms. The molecule has 0 spiro atoms. The number of ether oxygens (including phenoxy) is 2. The van der Waals surface area contributed by atoms with Crippen molar-refractivity contribution in [1.82, 2.24) is 20.6 Å². The fourth-order valence-electron chi connectivity index (χ4n) is 2.87. The van der Waals surface area contributed by atoms with Crippen LogP contribution in [0.1, 0.15) is 24.6 Å². The molecule has 0 fully saturated rings. The van der Waals surface area contributed by atoms with E-state index in [0.717, 1.165) is 30.6 Å². The minimum atomic E-state index is 0. The molecule has 7 nitrogen and oxygen atoms in total. The van der Waals surface area contributed by atoms with Crippen LogP contribution in [0.25, 0.3) is 0 Å². The van der Waals surface area contributed by atoms with E-state index in [0.29, 0.717) is 36.5 Å². The summed E-state index contributed by atoms with van der Waals surface area (Å²) in [6, 6.07) is 17.4. The topological polar surface area (TPSA) is 80.7 Å². The van der Waals surface area contributed by atoms with Gasteiger partial charge in [-0.05, 0) is 36.8 Å². The average molecular weight is 547 g/mol. The van der Waals surface area contributed by atoms with Crippen LogP contribution in [0, 0.1) is 0 Å². The number of rotatable bonds is 10. The van der Waals surface area contributed by atoms with Gasteiger partial charge in [-0.2, -0.15) is 0 Å². The zero-order valence-electron chi connectivity index (χ0n) is 18.5. The molecular weight excluding hydrogens is 517 g/mol. The highest BCUT2D eigenvalue weighted by molar-refractivity contribution is 14.0. The van der Waals surface area contributed by atoms with Crippen LogP contribution in [0.2, 0.25) is 0 Å². The van der Waals surface area contributed by atoms with Crippen molar-refractivity contribution in [2.75, 3.05) is 20.2 Å². The number of para-hydroxylation sites is 2. The van der Waals surface area contributed by atoms with E-state index in [4.69, 9.17) is 9.47 Å². The summed E-state index contributed by atoms with van der Waals surface area (Å²) >= 11 is 0. The van der Waals surface area contributed by atoms with E-state index in [-0.39, 0.29) is 24.0 Å². The Balaban J connectivity index is 0.00000363. The van der Waals surface area contributed by atoms with Crippen LogP contribution in [0.15, 0.2) is 72.0 Å². The van der Waals surface area contributed by atoms with Gasteiger partial charge < -0.3 is 20.1 Å². The summed E-state index contributed by atoms with van der Waals surface area (Å²) in [5.74, 6) is 2.60. The number of hydrogen-bond acceptors (Lipinski definition) is 5. The molecule has 3 rings (SSSR count). The van der Waals surface area contributed by atoms with E-state index >= 15 is 0 Å². The highest BCUT2D eigenvalue weighted by Gasteiger charge is 2.11. The first-order valence-electron chi connectivity index (χ1n) is 10.5. The lowest BCUT2D eigenvalue weighted by Gasteiger charge is -2.15. The molecule has 0 radical (unpaired) electrons. The van der Waals surface area contributed by atoms with Crippen LogP contribution >= 0.6 is 24.0 Å². The molecule has 0 saturated carbocycles. The molecule has 0 amide bonds. The molecule has 0 atom stereocenters. The van der Waals surface area contributed by atoms with Gasteiger partial charge in [0.1, 0.15) is 0 Å². The third-order valence-corrected chi connectivity index (χ3v) is 4.44. The molecule has 0 unspecified atom stereocenters. The number of benzene rings is 1. The number of hydrogen-bond donors (Lipinski definition) is 2. The van der Waals surface area contributed by atoms with Gasteiger partial charge in [0.2, 0.25) is 5.88 Å². The summed E-state index contributed by atoms with van der Waals surface area (Å²) in [7, 11) is 1.75. The standard InChI is InChI=1S/C24H29N5O2.HI/c1-3-17-30-21-11-4-5-12-22(21)31-23-19(9-8-15-27-23)18-29-24(25-2)28-16-13-20-10-6-7-14-26-20;/h4-12,14-15H,3,13,16-18H2,1-2H3,(H2,25,28,29);1H. The minimum absolute atomic E-state index is 0. The zero-order chi connectivity index (χ0) is 21.7. The second-order valence-corrected chi connectivity index (χ2v) is 6.79. The third kappa shape index (κ3) is 7.99. The normalized spacial score (nSPS) is 10.8. The molecule has 3 aromatic rings. The maximum Gasteiger partial charge on any atom is 0.224 e.